The smallest absolute Gasteiger partial charge is 0.255 e. The van der Waals surface area contributed by atoms with Crippen LogP contribution in [0.5, 0.6) is 11.6 Å². The molecule has 1 amide bonds. The summed E-state index contributed by atoms with van der Waals surface area (Å²) in [5.74, 6) is -0.163. The predicted molar refractivity (Wildman–Crippen MR) is 134 cm³/mol. The van der Waals surface area contributed by atoms with Crippen LogP contribution in [0.15, 0.2) is 54.7 Å². The number of fused-ring (bicyclic) bond motifs is 3. The van der Waals surface area contributed by atoms with E-state index in [1.807, 2.05) is 25.1 Å². The van der Waals surface area contributed by atoms with E-state index in [-0.39, 0.29) is 23.7 Å². The second-order valence-electron chi connectivity index (χ2n) is 8.88. The number of halogens is 1. The fraction of sp³-hybridized carbons (Fsp3) is 0.222. The Bertz CT molecular complexity index is 1530. The molecule has 0 radical (unpaired) electrons. The van der Waals surface area contributed by atoms with Crippen LogP contribution in [-0.4, -0.2) is 40.6 Å². The van der Waals surface area contributed by atoms with E-state index >= 15 is 0 Å². The molecule has 2 unspecified atom stereocenters. The third kappa shape index (κ3) is 3.64. The molecule has 0 fully saturated rings. The van der Waals surface area contributed by atoms with Crippen molar-refractivity contribution in [2.45, 2.75) is 25.4 Å². The van der Waals surface area contributed by atoms with Gasteiger partial charge >= 0.3 is 0 Å². The molecule has 2 aliphatic heterocycles. The minimum atomic E-state index is -0.505. The molecule has 2 atom stereocenters. The van der Waals surface area contributed by atoms with Crippen molar-refractivity contribution in [3.8, 4) is 22.9 Å². The molecule has 182 valence electrons. The highest BCUT2D eigenvalue weighted by atomic mass is 19.1. The van der Waals surface area contributed by atoms with E-state index in [1.54, 1.807) is 24.4 Å². The van der Waals surface area contributed by atoms with E-state index in [1.165, 1.54) is 13.2 Å². The van der Waals surface area contributed by atoms with Gasteiger partial charge in [0, 0.05) is 36.0 Å². The van der Waals surface area contributed by atoms with Gasteiger partial charge in [-0.25, -0.2) is 9.37 Å². The third-order valence-corrected chi connectivity index (χ3v) is 6.57. The van der Waals surface area contributed by atoms with Crippen LogP contribution in [0.2, 0.25) is 0 Å². The van der Waals surface area contributed by atoms with Crippen LogP contribution in [0.3, 0.4) is 0 Å². The summed E-state index contributed by atoms with van der Waals surface area (Å²) >= 11 is 0. The number of hydrogen-bond acceptors (Lipinski definition) is 6. The molecule has 0 saturated heterocycles. The monoisotopic (exact) mass is 485 g/mol. The largest absolute Gasteiger partial charge is 0.492 e. The van der Waals surface area contributed by atoms with Gasteiger partial charge in [-0.1, -0.05) is 12.1 Å². The summed E-state index contributed by atoms with van der Waals surface area (Å²) in [6, 6.07) is 10.1. The molecule has 4 bridgehead atoms. The molecule has 0 aliphatic carbocycles. The van der Waals surface area contributed by atoms with E-state index in [4.69, 9.17) is 14.5 Å². The Kier molecular flexibility index (Phi) is 5.32. The van der Waals surface area contributed by atoms with Crippen molar-refractivity contribution in [3.63, 3.8) is 0 Å². The first kappa shape index (κ1) is 22.1. The number of H-pyrrole nitrogens is 1. The Morgan fingerprint density at radius 3 is 2.97 bits per heavy atom. The average molecular weight is 486 g/mol. The number of aromatic nitrogens is 3. The Hall–Kier alpha value is -4.40. The molecular formula is C27H24FN5O3. The number of aromatic amines is 1. The number of benzene rings is 1. The van der Waals surface area contributed by atoms with E-state index < -0.39 is 5.82 Å². The SMILES string of the molecule is COc1c(F)cccc1Nc1c2[nH]c3c1C(=O)NCC3C/C=C\C(C)Oc1ccc3nccc-2c3n1. The molecule has 8 nitrogen and oxygen atoms in total. The van der Waals surface area contributed by atoms with Crippen molar-refractivity contribution >= 4 is 28.3 Å². The topological polar surface area (TPSA) is 101 Å². The lowest BCUT2D eigenvalue weighted by molar-refractivity contribution is 0.0941. The fourth-order valence-electron chi connectivity index (χ4n) is 4.88. The lowest BCUT2D eigenvalue weighted by Gasteiger charge is -2.23. The number of nitrogens with zero attached hydrogens (tertiary/aromatic N) is 2. The molecule has 0 saturated carbocycles. The van der Waals surface area contributed by atoms with Gasteiger partial charge in [0.2, 0.25) is 5.88 Å². The molecule has 36 heavy (non-hydrogen) atoms. The molecule has 4 aromatic rings. The highest BCUT2D eigenvalue weighted by Crippen LogP contribution is 2.43. The van der Waals surface area contributed by atoms with Crippen molar-refractivity contribution in [2.75, 3.05) is 19.0 Å². The van der Waals surface area contributed by atoms with Crippen LogP contribution in [0.25, 0.3) is 22.3 Å². The Morgan fingerprint density at radius 2 is 2.11 bits per heavy atom. The summed E-state index contributed by atoms with van der Waals surface area (Å²) in [7, 11) is 1.41. The minimum absolute atomic E-state index is 0.0130. The molecule has 1 aromatic carbocycles. The summed E-state index contributed by atoms with van der Waals surface area (Å²) < 4.78 is 25.9. The standard InChI is InChI=1S/C27H24FN5O3/c1-14-5-3-6-15-13-30-27(34)21-22(15)33-24(25(21)31-19-8-4-7-17(28)26(19)35-2)16-11-12-29-18-9-10-20(36-14)32-23(16)18/h3-5,7-12,14-15,31,33H,6,13H2,1-2H3,(H,30,34)/b5-3-. The summed E-state index contributed by atoms with van der Waals surface area (Å²) in [4.78, 5) is 26.0. The highest BCUT2D eigenvalue weighted by molar-refractivity contribution is 6.08. The number of hydrogen-bond donors (Lipinski definition) is 3. The molecular weight excluding hydrogens is 461 g/mol. The lowest BCUT2D eigenvalue weighted by Crippen LogP contribution is -2.34. The zero-order valence-corrected chi connectivity index (χ0v) is 19.8. The maximum absolute atomic E-state index is 14.5. The first-order valence-electron chi connectivity index (χ1n) is 11.8. The quantitative estimate of drug-likeness (QED) is 0.350. The molecule has 5 heterocycles. The molecule has 3 N–H and O–H groups in total. The Morgan fingerprint density at radius 1 is 1.22 bits per heavy atom. The number of anilines is 2. The van der Waals surface area contributed by atoms with Crippen LogP contribution < -0.4 is 20.1 Å². The summed E-state index contributed by atoms with van der Waals surface area (Å²) in [6.45, 7) is 2.45. The molecule has 6 rings (SSSR count). The molecule has 3 aromatic heterocycles. The zero-order valence-electron chi connectivity index (χ0n) is 19.8. The molecule has 9 heteroatoms. The van der Waals surface area contributed by atoms with Gasteiger partial charge in [0.15, 0.2) is 11.6 Å². The maximum Gasteiger partial charge on any atom is 0.255 e. The lowest BCUT2D eigenvalue weighted by atomic mass is 9.93. The van der Waals surface area contributed by atoms with Crippen LogP contribution in [0, 0.1) is 5.82 Å². The summed E-state index contributed by atoms with van der Waals surface area (Å²) in [6.07, 6.45) is 6.27. The number of rotatable bonds is 3. The minimum Gasteiger partial charge on any atom is -0.492 e. The second-order valence-corrected chi connectivity index (χ2v) is 8.88. The predicted octanol–water partition coefficient (Wildman–Crippen LogP) is 5.07. The third-order valence-electron chi connectivity index (χ3n) is 6.57. The Labute approximate surface area is 206 Å². The second kappa shape index (κ2) is 8.67. The first-order valence-corrected chi connectivity index (χ1v) is 11.8. The average Bonchev–Trinajstić information content (AvgIpc) is 3.25. The van der Waals surface area contributed by atoms with E-state index in [0.717, 1.165) is 11.3 Å². The van der Waals surface area contributed by atoms with Crippen LogP contribution >= 0.6 is 0 Å². The van der Waals surface area contributed by atoms with Gasteiger partial charge < -0.3 is 25.1 Å². The normalized spacial score (nSPS) is 19.5. The van der Waals surface area contributed by atoms with Crippen LogP contribution in [0.1, 0.15) is 35.3 Å². The number of amides is 1. The first-order chi connectivity index (χ1) is 17.5. The zero-order chi connectivity index (χ0) is 24.8. The Balaban J connectivity index is 1.64. The van der Waals surface area contributed by atoms with Gasteiger partial charge in [-0.05, 0) is 43.7 Å². The van der Waals surface area contributed by atoms with E-state index in [9.17, 15) is 9.18 Å². The van der Waals surface area contributed by atoms with Gasteiger partial charge in [-0.3, -0.25) is 9.78 Å². The number of nitrogens with one attached hydrogen (secondary N) is 3. The number of pyridine rings is 2. The van der Waals surface area contributed by atoms with Gasteiger partial charge in [0.05, 0.1) is 35.3 Å². The summed E-state index contributed by atoms with van der Waals surface area (Å²) in [5, 5.41) is 6.30. The number of carbonyl (C=O) groups is 1. The molecule has 0 spiro atoms. The van der Waals surface area contributed by atoms with Gasteiger partial charge in [-0.2, -0.15) is 0 Å². The van der Waals surface area contributed by atoms with Gasteiger partial charge in [0.1, 0.15) is 11.6 Å². The number of ether oxygens (including phenoxy) is 2. The van der Waals surface area contributed by atoms with Crippen molar-refractivity contribution in [1.82, 2.24) is 20.3 Å². The van der Waals surface area contributed by atoms with Crippen molar-refractivity contribution < 1.29 is 18.7 Å². The summed E-state index contributed by atoms with van der Waals surface area (Å²) in [5.41, 5.74) is 4.92. The van der Waals surface area contributed by atoms with Crippen molar-refractivity contribution in [2.24, 2.45) is 0 Å². The van der Waals surface area contributed by atoms with E-state index in [2.05, 4.69) is 26.7 Å². The van der Waals surface area contributed by atoms with Crippen molar-refractivity contribution in [3.05, 3.63) is 71.8 Å². The van der Waals surface area contributed by atoms with Crippen LogP contribution in [0.4, 0.5) is 15.8 Å². The number of carbonyl (C=O) groups excluding carboxylic acids is 1. The maximum atomic E-state index is 14.5. The van der Waals surface area contributed by atoms with Gasteiger partial charge in [0.25, 0.3) is 5.91 Å². The van der Waals surface area contributed by atoms with E-state index in [0.29, 0.717) is 52.5 Å². The van der Waals surface area contributed by atoms with Gasteiger partial charge in [-0.15, -0.1) is 0 Å². The highest BCUT2D eigenvalue weighted by Gasteiger charge is 2.33. The number of para-hydroxylation sites is 1. The molecule has 2 aliphatic rings. The van der Waals surface area contributed by atoms with Crippen molar-refractivity contribution in [1.29, 1.82) is 0 Å². The van der Waals surface area contributed by atoms with Crippen LogP contribution in [-0.2, 0) is 0 Å². The fourth-order valence-corrected chi connectivity index (χ4v) is 4.88. The number of methoxy groups -OCH3 is 1. The number of allylic oxidation sites excluding steroid dienone is 1.